The molecule has 0 aliphatic carbocycles. The highest BCUT2D eigenvalue weighted by Gasteiger charge is 2.36. The summed E-state index contributed by atoms with van der Waals surface area (Å²) in [7, 11) is 0. The summed E-state index contributed by atoms with van der Waals surface area (Å²) in [6, 6.07) is 4.20. The van der Waals surface area contributed by atoms with Gasteiger partial charge in [-0.15, -0.1) is 0 Å². The van der Waals surface area contributed by atoms with Gasteiger partial charge < -0.3 is 10.6 Å². The Morgan fingerprint density at radius 3 is 2.75 bits per heavy atom. The van der Waals surface area contributed by atoms with E-state index in [1.165, 1.54) is 18.2 Å². The molecule has 0 bridgehead atoms. The van der Waals surface area contributed by atoms with Gasteiger partial charge in [-0.25, -0.2) is 4.39 Å². The number of fused-ring (bicyclic) bond motifs is 1. The van der Waals surface area contributed by atoms with E-state index < -0.39 is 5.82 Å². The molecule has 2 atom stereocenters. The smallest absolute Gasteiger partial charge is 0.238 e. The third kappa shape index (κ3) is 2.95. The van der Waals surface area contributed by atoms with E-state index in [-0.39, 0.29) is 10.9 Å². The minimum absolute atomic E-state index is 0.0181. The number of likely N-dealkylation sites (tertiary alicyclic amines) is 1. The molecule has 2 heterocycles. The first-order valence-electron chi connectivity index (χ1n) is 6.80. The van der Waals surface area contributed by atoms with Crippen LogP contribution in [0.3, 0.4) is 0 Å². The molecular weight excluding hydrogens is 281 g/mol. The van der Waals surface area contributed by atoms with E-state index >= 15 is 0 Å². The molecule has 2 aliphatic heterocycles. The maximum absolute atomic E-state index is 13.0. The van der Waals surface area contributed by atoms with Crippen LogP contribution in [-0.2, 0) is 4.79 Å². The van der Waals surface area contributed by atoms with E-state index in [1.54, 1.807) is 0 Å². The summed E-state index contributed by atoms with van der Waals surface area (Å²) in [4.78, 5) is 14.2. The fourth-order valence-corrected chi connectivity index (χ4v) is 3.24. The normalized spacial score (nSPS) is 25.7. The average molecular weight is 298 g/mol. The van der Waals surface area contributed by atoms with E-state index in [0.717, 1.165) is 26.2 Å². The summed E-state index contributed by atoms with van der Waals surface area (Å²) in [5.41, 5.74) is 0.530. The molecule has 1 aromatic carbocycles. The van der Waals surface area contributed by atoms with Gasteiger partial charge >= 0.3 is 0 Å². The van der Waals surface area contributed by atoms with Crippen molar-refractivity contribution in [2.45, 2.75) is 0 Å². The predicted molar refractivity (Wildman–Crippen MR) is 76.3 cm³/mol. The number of rotatable bonds is 3. The Morgan fingerprint density at radius 2 is 2.10 bits per heavy atom. The van der Waals surface area contributed by atoms with Crippen molar-refractivity contribution in [1.29, 1.82) is 0 Å². The molecule has 1 aromatic rings. The predicted octanol–water partition coefficient (Wildman–Crippen LogP) is 1.57. The van der Waals surface area contributed by atoms with Crippen molar-refractivity contribution in [3.8, 4) is 0 Å². The van der Waals surface area contributed by atoms with Crippen LogP contribution in [0.1, 0.15) is 0 Å². The number of nitrogens with one attached hydrogen (secondary N) is 2. The molecule has 0 radical (unpaired) electrons. The molecule has 0 spiro atoms. The molecule has 2 unspecified atom stereocenters. The van der Waals surface area contributed by atoms with Crippen LogP contribution in [0, 0.1) is 17.7 Å². The molecule has 2 saturated heterocycles. The van der Waals surface area contributed by atoms with Crippen LogP contribution in [0.15, 0.2) is 18.2 Å². The molecule has 1 amide bonds. The van der Waals surface area contributed by atoms with Crippen molar-refractivity contribution in [3.05, 3.63) is 29.0 Å². The average Bonchev–Trinajstić information content (AvgIpc) is 2.94. The van der Waals surface area contributed by atoms with Crippen LogP contribution in [-0.4, -0.2) is 43.5 Å². The molecule has 3 rings (SSSR count). The molecule has 2 aliphatic rings. The molecule has 0 aromatic heterocycles. The molecule has 4 nitrogen and oxygen atoms in total. The Kier molecular flexibility index (Phi) is 3.92. The van der Waals surface area contributed by atoms with Gasteiger partial charge in [-0.2, -0.15) is 0 Å². The fraction of sp³-hybridized carbons (Fsp3) is 0.500. The first-order chi connectivity index (χ1) is 9.61. The minimum atomic E-state index is -0.482. The van der Waals surface area contributed by atoms with E-state index in [0.29, 0.717) is 24.1 Å². The van der Waals surface area contributed by atoms with Crippen molar-refractivity contribution in [2.75, 3.05) is 38.0 Å². The lowest BCUT2D eigenvalue weighted by Crippen LogP contribution is -2.33. The van der Waals surface area contributed by atoms with E-state index in [9.17, 15) is 9.18 Å². The Bertz CT molecular complexity index is 513. The third-order valence-corrected chi connectivity index (χ3v) is 4.33. The monoisotopic (exact) mass is 297 g/mol. The van der Waals surface area contributed by atoms with Crippen LogP contribution in [0.5, 0.6) is 0 Å². The quantitative estimate of drug-likeness (QED) is 0.890. The summed E-state index contributed by atoms with van der Waals surface area (Å²) in [5.74, 6) is 0.774. The lowest BCUT2D eigenvalue weighted by atomic mass is 10.0. The zero-order valence-corrected chi connectivity index (χ0v) is 11.8. The van der Waals surface area contributed by atoms with Gasteiger partial charge in [-0.1, -0.05) is 11.6 Å². The Labute approximate surface area is 122 Å². The lowest BCUT2D eigenvalue weighted by Gasteiger charge is -2.16. The highest BCUT2D eigenvalue weighted by atomic mass is 35.5. The highest BCUT2D eigenvalue weighted by Crippen LogP contribution is 2.26. The highest BCUT2D eigenvalue weighted by molar-refractivity contribution is 6.31. The van der Waals surface area contributed by atoms with Gasteiger partial charge in [0.15, 0.2) is 0 Å². The van der Waals surface area contributed by atoms with Crippen LogP contribution in [0.2, 0.25) is 5.02 Å². The molecule has 0 saturated carbocycles. The van der Waals surface area contributed by atoms with Gasteiger partial charge in [0.1, 0.15) is 5.82 Å². The Hall–Kier alpha value is -1.17. The van der Waals surface area contributed by atoms with Crippen molar-refractivity contribution < 1.29 is 9.18 Å². The zero-order valence-electron chi connectivity index (χ0n) is 11.0. The van der Waals surface area contributed by atoms with Crippen molar-refractivity contribution in [3.63, 3.8) is 0 Å². The molecule has 20 heavy (non-hydrogen) atoms. The molecule has 2 fully saturated rings. The number of hydrogen-bond donors (Lipinski definition) is 2. The topological polar surface area (TPSA) is 44.4 Å². The lowest BCUT2D eigenvalue weighted by molar-refractivity contribution is -0.117. The van der Waals surface area contributed by atoms with Gasteiger partial charge in [0.05, 0.1) is 11.6 Å². The number of nitrogens with zero attached hydrogens (tertiary/aromatic N) is 1. The van der Waals surface area contributed by atoms with E-state index in [2.05, 4.69) is 15.5 Å². The minimum Gasteiger partial charge on any atom is -0.325 e. The second kappa shape index (κ2) is 5.68. The van der Waals surface area contributed by atoms with Crippen LogP contribution in [0.25, 0.3) is 0 Å². The summed E-state index contributed by atoms with van der Waals surface area (Å²) < 4.78 is 13.0. The number of halogens is 2. The third-order valence-electron chi connectivity index (χ3n) is 4.04. The maximum atomic E-state index is 13.0. The van der Waals surface area contributed by atoms with Crippen molar-refractivity contribution in [2.24, 2.45) is 11.8 Å². The van der Waals surface area contributed by atoms with Gasteiger partial charge in [0, 0.05) is 18.8 Å². The largest absolute Gasteiger partial charge is 0.325 e. The van der Waals surface area contributed by atoms with Gasteiger partial charge in [-0.05, 0) is 43.1 Å². The van der Waals surface area contributed by atoms with E-state index in [4.69, 9.17) is 11.6 Å². The summed E-state index contributed by atoms with van der Waals surface area (Å²) in [6.07, 6.45) is 0. The molecular formula is C14H17ClFN3O. The molecule has 6 heteroatoms. The SMILES string of the molecule is O=C(CN1CC2CNCC2C1)Nc1ccc(F)c(Cl)c1. The number of benzene rings is 1. The standard InChI is InChI=1S/C14H17ClFN3O/c15-12-3-11(1-2-13(12)16)18-14(20)8-19-6-9-4-17-5-10(9)7-19/h1-3,9-10,17H,4-8H2,(H,18,20). The number of carbonyl (C=O) groups excluding carboxylic acids is 1. The first kappa shape index (κ1) is 13.8. The van der Waals surface area contributed by atoms with Crippen LogP contribution >= 0.6 is 11.6 Å². The molecule has 108 valence electrons. The second-order valence-corrected chi connectivity index (χ2v) is 5.96. The van der Waals surface area contributed by atoms with E-state index in [1.807, 2.05) is 0 Å². The van der Waals surface area contributed by atoms with Crippen LogP contribution in [0.4, 0.5) is 10.1 Å². The van der Waals surface area contributed by atoms with Gasteiger partial charge in [-0.3, -0.25) is 9.69 Å². The van der Waals surface area contributed by atoms with Gasteiger partial charge in [0.2, 0.25) is 5.91 Å². The van der Waals surface area contributed by atoms with Crippen LogP contribution < -0.4 is 10.6 Å². The summed E-state index contributed by atoms with van der Waals surface area (Å²) in [6.45, 7) is 4.42. The van der Waals surface area contributed by atoms with Crippen molar-refractivity contribution >= 4 is 23.2 Å². The first-order valence-corrected chi connectivity index (χ1v) is 7.17. The fourth-order valence-electron chi connectivity index (χ4n) is 3.06. The second-order valence-electron chi connectivity index (χ2n) is 5.55. The number of hydrogen-bond acceptors (Lipinski definition) is 3. The van der Waals surface area contributed by atoms with Gasteiger partial charge in [0.25, 0.3) is 0 Å². The molecule has 2 N–H and O–H groups in total. The summed E-state index contributed by atoms with van der Waals surface area (Å²) in [5, 5.41) is 6.15. The van der Waals surface area contributed by atoms with Crippen molar-refractivity contribution in [1.82, 2.24) is 10.2 Å². The number of anilines is 1. The zero-order chi connectivity index (χ0) is 14.1. The summed E-state index contributed by atoms with van der Waals surface area (Å²) >= 11 is 5.69. The Balaban J connectivity index is 1.53. The Morgan fingerprint density at radius 1 is 1.40 bits per heavy atom. The number of amides is 1. The number of carbonyl (C=O) groups is 1. The maximum Gasteiger partial charge on any atom is 0.238 e.